The highest BCUT2D eigenvalue weighted by Crippen LogP contribution is 2.46. The molecule has 0 aliphatic heterocycles. The molecule has 0 spiro atoms. The Balaban J connectivity index is 1.36. The Morgan fingerprint density at radius 3 is 2.50 bits per heavy atom. The molecule has 0 bridgehead atoms. The second-order valence-electron chi connectivity index (χ2n) is 7.96. The molecule has 0 atom stereocenters. The average molecular weight is 375 g/mol. The summed E-state index contributed by atoms with van der Waals surface area (Å²) >= 11 is 0. The smallest absolute Gasteiger partial charge is 0.251 e. The van der Waals surface area contributed by atoms with Crippen LogP contribution in [-0.4, -0.2) is 32.4 Å². The maximum absolute atomic E-state index is 12.5. The summed E-state index contributed by atoms with van der Waals surface area (Å²) in [6.07, 6.45) is 6.00. The van der Waals surface area contributed by atoms with Crippen molar-refractivity contribution in [2.75, 3.05) is 6.54 Å². The van der Waals surface area contributed by atoms with Crippen LogP contribution in [0.5, 0.6) is 0 Å². The fourth-order valence-electron chi connectivity index (χ4n) is 3.27. The molecule has 1 aromatic carbocycles. The molecular weight excluding hydrogens is 350 g/mol. The van der Waals surface area contributed by atoms with Crippen molar-refractivity contribution < 1.29 is 4.79 Å². The van der Waals surface area contributed by atoms with E-state index in [-0.39, 0.29) is 11.3 Å². The molecule has 144 valence electrons. The Morgan fingerprint density at radius 1 is 1.14 bits per heavy atom. The summed E-state index contributed by atoms with van der Waals surface area (Å²) in [6, 6.07) is 13.4. The Labute approximate surface area is 165 Å². The molecule has 1 saturated carbocycles. The number of hydrogen-bond donors (Lipinski definition) is 1. The first-order valence-corrected chi connectivity index (χ1v) is 9.74. The van der Waals surface area contributed by atoms with Crippen molar-refractivity contribution in [1.29, 1.82) is 0 Å². The molecule has 2 aromatic heterocycles. The highest BCUT2D eigenvalue weighted by molar-refractivity contribution is 5.94. The first-order chi connectivity index (χ1) is 13.5. The lowest BCUT2D eigenvalue weighted by Crippen LogP contribution is -2.32. The summed E-state index contributed by atoms with van der Waals surface area (Å²) in [5, 5.41) is 15.9. The van der Waals surface area contributed by atoms with Gasteiger partial charge in [-0.1, -0.05) is 26.0 Å². The van der Waals surface area contributed by atoms with Gasteiger partial charge in [-0.2, -0.15) is 15.3 Å². The van der Waals surface area contributed by atoms with Crippen LogP contribution >= 0.6 is 0 Å². The Kier molecular flexibility index (Phi) is 4.94. The zero-order valence-corrected chi connectivity index (χ0v) is 16.3. The van der Waals surface area contributed by atoms with E-state index in [4.69, 9.17) is 0 Å². The molecule has 1 N–H and O–H groups in total. The second-order valence-corrected chi connectivity index (χ2v) is 7.96. The minimum absolute atomic E-state index is 0.0421. The third kappa shape index (κ3) is 4.11. The third-order valence-electron chi connectivity index (χ3n) is 5.36. The van der Waals surface area contributed by atoms with Gasteiger partial charge >= 0.3 is 0 Å². The van der Waals surface area contributed by atoms with E-state index in [0.717, 1.165) is 36.3 Å². The van der Waals surface area contributed by atoms with Gasteiger partial charge in [-0.25, -0.2) is 0 Å². The number of aromatic nitrogens is 4. The Morgan fingerprint density at radius 2 is 1.93 bits per heavy atom. The average Bonchev–Trinajstić information content (AvgIpc) is 3.29. The van der Waals surface area contributed by atoms with E-state index in [1.807, 2.05) is 53.3 Å². The summed E-state index contributed by atoms with van der Waals surface area (Å²) in [5.74, 6) is 0.315. The number of rotatable bonds is 7. The second kappa shape index (κ2) is 7.54. The number of carbonyl (C=O) groups excluding carboxylic acids is 1. The van der Waals surface area contributed by atoms with Gasteiger partial charge in [-0.15, -0.1) is 0 Å². The number of hydrogen-bond acceptors (Lipinski definition) is 4. The van der Waals surface area contributed by atoms with Gasteiger partial charge in [0.1, 0.15) is 0 Å². The fraction of sp³-hybridized carbons (Fsp3) is 0.364. The van der Waals surface area contributed by atoms with E-state index in [1.165, 1.54) is 0 Å². The van der Waals surface area contributed by atoms with Gasteiger partial charge in [0.15, 0.2) is 0 Å². The molecule has 1 aliphatic carbocycles. The Bertz CT molecular complexity index is 926. The first kappa shape index (κ1) is 18.3. The monoisotopic (exact) mass is 375 g/mol. The molecule has 2 heterocycles. The quantitative estimate of drug-likeness (QED) is 0.684. The van der Waals surface area contributed by atoms with Crippen LogP contribution in [-0.2, 0) is 6.54 Å². The first-order valence-electron chi connectivity index (χ1n) is 9.74. The van der Waals surface area contributed by atoms with Crippen LogP contribution in [0.25, 0.3) is 11.3 Å². The largest absolute Gasteiger partial charge is 0.351 e. The Hall–Kier alpha value is -3.02. The number of carbonyl (C=O) groups is 1. The van der Waals surface area contributed by atoms with Gasteiger partial charge in [-0.3, -0.25) is 9.48 Å². The summed E-state index contributed by atoms with van der Waals surface area (Å²) in [4.78, 5) is 12.5. The van der Waals surface area contributed by atoms with E-state index < -0.39 is 0 Å². The highest BCUT2D eigenvalue weighted by Gasteiger charge is 2.43. The van der Waals surface area contributed by atoms with Gasteiger partial charge in [0, 0.05) is 42.0 Å². The van der Waals surface area contributed by atoms with Crippen LogP contribution in [0.4, 0.5) is 0 Å². The highest BCUT2D eigenvalue weighted by atomic mass is 16.1. The molecule has 4 rings (SSSR count). The third-order valence-corrected chi connectivity index (χ3v) is 5.36. The summed E-state index contributed by atoms with van der Waals surface area (Å²) in [5.41, 5.74) is 3.55. The zero-order valence-electron chi connectivity index (χ0n) is 16.3. The van der Waals surface area contributed by atoms with Crippen molar-refractivity contribution in [3.63, 3.8) is 0 Å². The summed E-state index contributed by atoms with van der Waals surface area (Å²) in [7, 11) is 0. The van der Waals surface area contributed by atoms with Gasteiger partial charge in [0.05, 0.1) is 11.4 Å². The number of nitrogens with one attached hydrogen (secondary N) is 1. The molecule has 1 aliphatic rings. The van der Waals surface area contributed by atoms with Crippen LogP contribution in [0.2, 0.25) is 0 Å². The molecule has 3 aromatic rings. The van der Waals surface area contributed by atoms with Crippen molar-refractivity contribution in [2.24, 2.45) is 5.41 Å². The van der Waals surface area contributed by atoms with Crippen LogP contribution in [0.15, 0.2) is 54.9 Å². The van der Waals surface area contributed by atoms with E-state index in [2.05, 4.69) is 34.5 Å². The fourth-order valence-corrected chi connectivity index (χ4v) is 3.27. The molecular formula is C22H25N5O. The minimum atomic E-state index is -0.0421. The van der Waals surface area contributed by atoms with Crippen LogP contribution in [0.3, 0.4) is 0 Å². The summed E-state index contributed by atoms with van der Waals surface area (Å²) in [6.45, 7) is 5.72. The van der Waals surface area contributed by atoms with Crippen LogP contribution < -0.4 is 5.32 Å². The van der Waals surface area contributed by atoms with Crippen molar-refractivity contribution >= 4 is 5.91 Å². The SMILES string of the molecule is CC(C)c1ccc(-c2ccc(C(=O)NCC3(Cn4cccn4)CC3)cc2)nn1. The van der Waals surface area contributed by atoms with E-state index in [1.54, 1.807) is 6.20 Å². The zero-order chi connectivity index (χ0) is 19.6. The topological polar surface area (TPSA) is 72.7 Å². The molecule has 6 nitrogen and oxygen atoms in total. The van der Waals surface area contributed by atoms with E-state index in [0.29, 0.717) is 18.0 Å². The molecule has 1 amide bonds. The van der Waals surface area contributed by atoms with Gasteiger partial charge in [0.2, 0.25) is 0 Å². The number of amides is 1. The van der Waals surface area contributed by atoms with Crippen LogP contribution in [0.1, 0.15) is 48.7 Å². The normalized spacial score (nSPS) is 14.8. The van der Waals surface area contributed by atoms with Crippen molar-refractivity contribution in [3.05, 3.63) is 66.1 Å². The molecule has 1 fully saturated rings. The van der Waals surface area contributed by atoms with Crippen molar-refractivity contribution in [1.82, 2.24) is 25.3 Å². The maximum Gasteiger partial charge on any atom is 0.251 e. The van der Waals surface area contributed by atoms with E-state index in [9.17, 15) is 4.79 Å². The van der Waals surface area contributed by atoms with Crippen molar-refractivity contribution in [3.8, 4) is 11.3 Å². The molecule has 28 heavy (non-hydrogen) atoms. The molecule has 6 heteroatoms. The predicted octanol–water partition coefficient (Wildman–Crippen LogP) is 3.67. The van der Waals surface area contributed by atoms with Gasteiger partial charge < -0.3 is 5.32 Å². The predicted molar refractivity (Wildman–Crippen MR) is 108 cm³/mol. The van der Waals surface area contributed by atoms with Gasteiger partial charge in [-0.05, 0) is 49.1 Å². The van der Waals surface area contributed by atoms with Gasteiger partial charge in [0.25, 0.3) is 5.91 Å². The lowest BCUT2D eigenvalue weighted by atomic mass is 10.1. The summed E-state index contributed by atoms with van der Waals surface area (Å²) < 4.78 is 1.94. The standard InChI is InChI=1S/C22H25N5O/c1-16(2)19-8-9-20(26-25-19)17-4-6-18(7-5-17)21(28)23-14-22(10-11-22)15-27-13-3-12-24-27/h3-9,12-13,16H,10-11,14-15H2,1-2H3,(H,23,28). The van der Waals surface area contributed by atoms with Crippen LogP contribution in [0, 0.1) is 5.41 Å². The maximum atomic E-state index is 12.5. The lowest BCUT2D eigenvalue weighted by molar-refractivity contribution is 0.0942. The number of nitrogens with zero attached hydrogens (tertiary/aromatic N) is 4. The molecule has 0 radical (unpaired) electrons. The lowest BCUT2D eigenvalue weighted by Gasteiger charge is -2.16. The molecule has 0 saturated heterocycles. The molecule has 0 unspecified atom stereocenters. The minimum Gasteiger partial charge on any atom is -0.351 e. The van der Waals surface area contributed by atoms with Crippen molar-refractivity contribution in [2.45, 2.75) is 39.2 Å². The number of benzene rings is 1. The van der Waals surface area contributed by atoms with E-state index >= 15 is 0 Å².